The van der Waals surface area contributed by atoms with E-state index in [1.165, 1.54) is 12.8 Å². The Labute approximate surface area is 98.1 Å². The molecule has 2 heterocycles. The number of carbonyl (C=O) groups is 1. The van der Waals surface area contributed by atoms with Gasteiger partial charge in [-0.2, -0.15) is 0 Å². The van der Waals surface area contributed by atoms with Gasteiger partial charge >= 0.3 is 0 Å². The highest BCUT2D eigenvalue weighted by Crippen LogP contribution is 2.27. The molecule has 0 aromatic carbocycles. The van der Waals surface area contributed by atoms with Crippen LogP contribution in [0.25, 0.3) is 0 Å². The van der Waals surface area contributed by atoms with Crippen LogP contribution in [0, 0.1) is 5.92 Å². The molecule has 0 spiro atoms. The second kappa shape index (κ2) is 4.84. The van der Waals surface area contributed by atoms with E-state index < -0.39 is 0 Å². The van der Waals surface area contributed by atoms with E-state index in [9.17, 15) is 4.79 Å². The first-order chi connectivity index (χ1) is 7.62. The van der Waals surface area contributed by atoms with Gasteiger partial charge in [0.2, 0.25) is 0 Å². The summed E-state index contributed by atoms with van der Waals surface area (Å²) in [5.41, 5.74) is -0.290. The molecule has 0 aliphatic carbocycles. The first-order valence-electron chi connectivity index (χ1n) is 6.49. The van der Waals surface area contributed by atoms with E-state index in [0.29, 0.717) is 12.4 Å². The van der Waals surface area contributed by atoms with Crippen LogP contribution in [0.4, 0.5) is 0 Å². The van der Waals surface area contributed by atoms with Gasteiger partial charge in [-0.25, -0.2) is 0 Å². The Morgan fingerprint density at radius 2 is 1.94 bits per heavy atom. The number of ketones is 1. The maximum Gasteiger partial charge on any atom is 0.157 e. The fourth-order valence-corrected chi connectivity index (χ4v) is 2.88. The molecule has 2 rings (SSSR count). The summed E-state index contributed by atoms with van der Waals surface area (Å²) >= 11 is 0. The average molecular weight is 225 g/mol. The summed E-state index contributed by atoms with van der Waals surface area (Å²) < 4.78 is 5.42. The minimum Gasteiger partial charge on any atom is -0.381 e. The Morgan fingerprint density at radius 1 is 1.25 bits per heavy atom. The second-order valence-corrected chi connectivity index (χ2v) is 5.53. The number of nitrogens with zero attached hydrogens (tertiary/aromatic N) is 1. The number of rotatable bonds is 3. The quantitative estimate of drug-likeness (QED) is 0.734. The van der Waals surface area contributed by atoms with Gasteiger partial charge in [0.1, 0.15) is 0 Å². The first-order valence-corrected chi connectivity index (χ1v) is 6.49. The molecule has 1 unspecified atom stereocenters. The molecule has 92 valence electrons. The van der Waals surface area contributed by atoms with E-state index >= 15 is 0 Å². The molecule has 0 saturated carbocycles. The SMILES string of the molecule is CC(C)(C(=O)C1CCCOC1)N1CCCC1. The van der Waals surface area contributed by atoms with Crippen molar-refractivity contribution in [2.24, 2.45) is 5.92 Å². The molecule has 1 atom stereocenters. The van der Waals surface area contributed by atoms with Crippen molar-refractivity contribution in [1.29, 1.82) is 0 Å². The lowest BCUT2D eigenvalue weighted by molar-refractivity contribution is -0.137. The Balaban J connectivity index is 2.00. The van der Waals surface area contributed by atoms with Crippen LogP contribution in [0.5, 0.6) is 0 Å². The number of hydrogen-bond donors (Lipinski definition) is 0. The molecule has 2 fully saturated rings. The van der Waals surface area contributed by atoms with Crippen LogP contribution in [-0.4, -0.2) is 42.5 Å². The lowest BCUT2D eigenvalue weighted by Gasteiger charge is -2.37. The van der Waals surface area contributed by atoms with Crippen LogP contribution in [0.2, 0.25) is 0 Å². The van der Waals surface area contributed by atoms with E-state index in [1.807, 2.05) is 0 Å². The topological polar surface area (TPSA) is 29.5 Å². The van der Waals surface area contributed by atoms with Gasteiger partial charge in [0.15, 0.2) is 5.78 Å². The lowest BCUT2D eigenvalue weighted by Crippen LogP contribution is -2.52. The van der Waals surface area contributed by atoms with E-state index in [4.69, 9.17) is 4.74 Å². The number of carbonyl (C=O) groups excluding carboxylic acids is 1. The van der Waals surface area contributed by atoms with Crippen LogP contribution in [-0.2, 0) is 9.53 Å². The Morgan fingerprint density at radius 3 is 2.50 bits per heavy atom. The summed E-state index contributed by atoms with van der Waals surface area (Å²) in [6.07, 6.45) is 4.51. The van der Waals surface area contributed by atoms with Gasteiger partial charge in [-0.15, -0.1) is 0 Å². The largest absolute Gasteiger partial charge is 0.381 e. The zero-order valence-corrected chi connectivity index (χ0v) is 10.5. The van der Waals surface area contributed by atoms with Crippen molar-refractivity contribution in [3.63, 3.8) is 0 Å². The normalized spacial score (nSPS) is 28.2. The second-order valence-electron chi connectivity index (χ2n) is 5.53. The molecule has 3 heteroatoms. The number of hydrogen-bond acceptors (Lipinski definition) is 3. The molecule has 2 aliphatic heterocycles. The molecular weight excluding hydrogens is 202 g/mol. The van der Waals surface area contributed by atoms with Crippen LogP contribution in [0.3, 0.4) is 0 Å². The zero-order chi connectivity index (χ0) is 11.6. The summed E-state index contributed by atoms with van der Waals surface area (Å²) in [5, 5.41) is 0. The maximum atomic E-state index is 12.5. The van der Waals surface area contributed by atoms with Crippen molar-refractivity contribution in [3.05, 3.63) is 0 Å². The van der Waals surface area contributed by atoms with Crippen molar-refractivity contribution in [2.75, 3.05) is 26.3 Å². The molecule has 0 bridgehead atoms. The Bertz CT molecular complexity index is 251. The predicted octanol–water partition coefficient (Wildman–Crippen LogP) is 1.86. The molecule has 2 aliphatic rings. The van der Waals surface area contributed by atoms with Crippen molar-refractivity contribution in [3.8, 4) is 0 Å². The van der Waals surface area contributed by atoms with E-state index in [1.54, 1.807) is 0 Å². The number of Topliss-reactive ketones (excluding diaryl/α,β-unsaturated/α-hetero) is 1. The van der Waals surface area contributed by atoms with E-state index in [2.05, 4.69) is 18.7 Å². The highest BCUT2D eigenvalue weighted by atomic mass is 16.5. The van der Waals surface area contributed by atoms with Gasteiger partial charge in [-0.05, 0) is 52.6 Å². The van der Waals surface area contributed by atoms with Crippen LogP contribution >= 0.6 is 0 Å². The fourth-order valence-electron chi connectivity index (χ4n) is 2.88. The van der Waals surface area contributed by atoms with Crippen LogP contribution in [0.1, 0.15) is 39.5 Å². The smallest absolute Gasteiger partial charge is 0.157 e. The van der Waals surface area contributed by atoms with Gasteiger partial charge in [-0.1, -0.05) is 0 Å². The molecular formula is C13H23NO2. The third-order valence-corrected chi connectivity index (χ3v) is 4.03. The molecule has 0 amide bonds. The van der Waals surface area contributed by atoms with Gasteiger partial charge < -0.3 is 4.74 Å². The van der Waals surface area contributed by atoms with Crippen LogP contribution < -0.4 is 0 Å². The zero-order valence-electron chi connectivity index (χ0n) is 10.5. The molecule has 0 aromatic rings. The first kappa shape index (κ1) is 12.1. The number of likely N-dealkylation sites (tertiary alicyclic amines) is 1. The third kappa shape index (κ3) is 2.30. The standard InChI is InChI=1S/C13H23NO2/c1-13(2,14-7-3-4-8-14)12(15)11-6-5-9-16-10-11/h11H,3-10H2,1-2H3. The predicted molar refractivity (Wildman–Crippen MR) is 63.4 cm³/mol. The summed E-state index contributed by atoms with van der Waals surface area (Å²) in [4.78, 5) is 14.8. The van der Waals surface area contributed by atoms with Crippen molar-refractivity contribution < 1.29 is 9.53 Å². The summed E-state index contributed by atoms with van der Waals surface area (Å²) in [6, 6.07) is 0. The minimum absolute atomic E-state index is 0.129. The monoisotopic (exact) mass is 225 g/mol. The molecule has 0 aromatic heterocycles. The highest BCUT2D eigenvalue weighted by Gasteiger charge is 2.39. The Hall–Kier alpha value is -0.410. The molecule has 0 radical (unpaired) electrons. The minimum atomic E-state index is -0.290. The molecule has 2 saturated heterocycles. The number of ether oxygens (including phenoxy) is 1. The van der Waals surface area contributed by atoms with Crippen molar-refractivity contribution in [2.45, 2.75) is 45.1 Å². The van der Waals surface area contributed by atoms with Crippen LogP contribution in [0.15, 0.2) is 0 Å². The lowest BCUT2D eigenvalue weighted by atomic mass is 9.84. The summed E-state index contributed by atoms with van der Waals surface area (Å²) in [7, 11) is 0. The molecule has 3 nitrogen and oxygen atoms in total. The van der Waals surface area contributed by atoms with Gasteiger partial charge in [-0.3, -0.25) is 9.69 Å². The Kier molecular flexibility index (Phi) is 3.65. The highest BCUT2D eigenvalue weighted by molar-refractivity contribution is 5.89. The molecule has 0 N–H and O–H groups in total. The summed E-state index contributed by atoms with van der Waals surface area (Å²) in [6.45, 7) is 7.77. The van der Waals surface area contributed by atoms with Crippen molar-refractivity contribution >= 4 is 5.78 Å². The van der Waals surface area contributed by atoms with Gasteiger partial charge in [0.05, 0.1) is 12.1 Å². The maximum absolute atomic E-state index is 12.5. The van der Waals surface area contributed by atoms with Crippen molar-refractivity contribution in [1.82, 2.24) is 4.90 Å². The fraction of sp³-hybridized carbons (Fsp3) is 0.923. The van der Waals surface area contributed by atoms with Gasteiger partial charge in [0.25, 0.3) is 0 Å². The molecule has 16 heavy (non-hydrogen) atoms. The third-order valence-electron chi connectivity index (χ3n) is 4.03. The van der Waals surface area contributed by atoms with E-state index in [0.717, 1.165) is 32.5 Å². The van der Waals surface area contributed by atoms with E-state index in [-0.39, 0.29) is 11.5 Å². The summed E-state index contributed by atoms with van der Waals surface area (Å²) in [5.74, 6) is 0.512. The van der Waals surface area contributed by atoms with Gasteiger partial charge in [0, 0.05) is 12.5 Å². The average Bonchev–Trinajstić information content (AvgIpc) is 2.83.